The molecule has 0 bridgehead atoms. The number of likely N-dealkylation sites (tertiary alicyclic amines) is 1. The van der Waals surface area contributed by atoms with E-state index in [4.69, 9.17) is 9.73 Å². The van der Waals surface area contributed by atoms with Gasteiger partial charge < -0.3 is 19.9 Å². The SMILES string of the molecule is CCNC(=NCCOc1ccccc1C)N1CCN(C(C)C(=O)N2CCCC2)CC1. The van der Waals surface area contributed by atoms with E-state index in [-0.39, 0.29) is 11.9 Å². The Hall–Kier alpha value is -2.28. The fraction of sp³-hybridized carbons (Fsp3) is 0.652. The van der Waals surface area contributed by atoms with Gasteiger partial charge in [-0.05, 0) is 45.2 Å². The van der Waals surface area contributed by atoms with Crippen molar-refractivity contribution in [2.45, 2.75) is 39.7 Å². The number of hydrogen-bond acceptors (Lipinski definition) is 4. The largest absolute Gasteiger partial charge is 0.491 e. The van der Waals surface area contributed by atoms with Gasteiger partial charge in [0.05, 0.1) is 12.6 Å². The first-order chi connectivity index (χ1) is 14.6. The topological polar surface area (TPSA) is 60.4 Å². The van der Waals surface area contributed by atoms with Crippen molar-refractivity contribution in [3.8, 4) is 5.75 Å². The highest BCUT2D eigenvalue weighted by Crippen LogP contribution is 2.16. The number of nitrogens with one attached hydrogen (secondary N) is 1. The molecule has 2 fully saturated rings. The highest BCUT2D eigenvalue weighted by Gasteiger charge is 2.30. The average molecular weight is 416 g/mol. The molecule has 1 atom stereocenters. The van der Waals surface area contributed by atoms with Crippen molar-refractivity contribution in [2.24, 2.45) is 4.99 Å². The van der Waals surface area contributed by atoms with Gasteiger partial charge in [0.15, 0.2) is 5.96 Å². The number of amides is 1. The molecule has 0 saturated carbocycles. The number of benzene rings is 1. The van der Waals surface area contributed by atoms with Crippen LogP contribution in [0, 0.1) is 6.92 Å². The lowest BCUT2D eigenvalue weighted by atomic mass is 10.2. The standard InChI is InChI=1S/C23H37N5O2/c1-4-24-23(25-11-18-30-21-10-6-5-9-19(21)2)28-16-14-26(15-17-28)20(3)22(29)27-12-7-8-13-27/h5-6,9-10,20H,4,7-8,11-18H2,1-3H3,(H,24,25). The molecule has 1 aromatic rings. The third-order valence-corrected chi connectivity index (χ3v) is 5.98. The number of carbonyl (C=O) groups is 1. The molecule has 30 heavy (non-hydrogen) atoms. The number of aryl methyl sites for hydroxylation is 1. The summed E-state index contributed by atoms with van der Waals surface area (Å²) in [6.07, 6.45) is 2.28. The molecule has 7 nitrogen and oxygen atoms in total. The first-order valence-corrected chi connectivity index (χ1v) is 11.3. The van der Waals surface area contributed by atoms with E-state index in [9.17, 15) is 4.79 Å². The molecular formula is C23H37N5O2. The van der Waals surface area contributed by atoms with E-state index in [0.717, 1.165) is 75.9 Å². The second-order valence-electron chi connectivity index (χ2n) is 8.08. The number of carbonyl (C=O) groups excluding carboxylic acids is 1. The quantitative estimate of drug-likeness (QED) is 0.419. The third-order valence-electron chi connectivity index (χ3n) is 5.98. The number of hydrogen-bond donors (Lipinski definition) is 1. The summed E-state index contributed by atoms with van der Waals surface area (Å²) in [4.78, 5) is 24.1. The van der Waals surface area contributed by atoms with E-state index in [1.165, 1.54) is 0 Å². The molecule has 2 saturated heterocycles. The molecule has 3 rings (SSSR count). The molecular weight excluding hydrogens is 378 g/mol. The lowest BCUT2D eigenvalue weighted by molar-refractivity contribution is -0.135. The van der Waals surface area contributed by atoms with E-state index in [1.54, 1.807) is 0 Å². The highest BCUT2D eigenvalue weighted by atomic mass is 16.5. The Balaban J connectivity index is 1.47. The first-order valence-electron chi connectivity index (χ1n) is 11.3. The van der Waals surface area contributed by atoms with Crippen molar-refractivity contribution in [3.63, 3.8) is 0 Å². The summed E-state index contributed by atoms with van der Waals surface area (Å²) in [5, 5.41) is 3.40. The van der Waals surface area contributed by atoms with E-state index < -0.39 is 0 Å². The van der Waals surface area contributed by atoms with Gasteiger partial charge in [-0.25, -0.2) is 4.99 Å². The lowest BCUT2D eigenvalue weighted by Gasteiger charge is -2.39. The van der Waals surface area contributed by atoms with Crippen molar-refractivity contribution < 1.29 is 9.53 Å². The predicted octanol–water partition coefficient (Wildman–Crippen LogP) is 1.97. The number of guanidine groups is 1. The molecule has 2 heterocycles. The van der Waals surface area contributed by atoms with Crippen molar-refractivity contribution in [2.75, 3.05) is 59.0 Å². The van der Waals surface area contributed by atoms with Crippen LogP contribution in [0.3, 0.4) is 0 Å². The van der Waals surface area contributed by atoms with Gasteiger partial charge in [0.25, 0.3) is 0 Å². The molecule has 1 amide bonds. The van der Waals surface area contributed by atoms with Crippen LogP contribution in [0.1, 0.15) is 32.3 Å². The molecule has 1 unspecified atom stereocenters. The molecule has 2 aliphatic heterocycles. The molecule has 2 aliphatic rings. The Morgan fingerprint density at radius 2 is 1.80 bits per heavy atom. The third kappa shape index (κ3) is 5.88. The summed E-state index contributed by atoms with van der Waals surface area (Å²) >= 11 is 0. The smallest absolute Gasteiger partial charge is 0.239 e. The van der Waals surface area contributed by atoms with Gasteiger partial charge in [0, 0.05) is 45.8 Å². The maximum absolute atomic E-state index is 12.7. The van der Waals surface area contributed by atoms with Crippen LogP contribution in [0.2, 0.25) is 0 Å². The lowest BCUT2D eigenvalue weighted by Crippen LogP contribution is -2.57. The second kappa shape index (κ2) is 11.2. The Labute approximate surface area is 181 Å². The van der Waals surface area contributed by atoms with E-state index in [0.29, 0.717) is 13.2 Å². The monoisotopic (exact) mass is 415 g/mol. The van der Waals surface area contributed by atoms with E-state index in [1.807, 2.05) is 23.1 Å². The van der Waals surface area contributed by atoms with Gasteiger partial charge in [0.1, 0.15) is 12.4 Å². The fourth-order valence-corrected chi connectivity index (χ4v) is 4.13. The zero-order chi connectivity index (χ0) is 21.3. The number of rotatable bonds is 7. The normalized spacial score (nSPS) is 19.1. The van der Waals surface area contributed by atoms with Gasteiger partial charge in [-0.15, -0.1) is 0 Å². The van der Waals surface area contributed by atoms with E-state index in [2.05, 4.69) is 42.0 Å². The molecule has 0 radical (unpaired) electrons. The number of aliphatic imine (C=N–C) groups is 1. The van der Waals surface area contributed by atoms with Crippen LogP contribution < -0.4 is 10.1 Å². The Bertz CT molecular complexity index is 709. The fourth-order valence-electron chi connectivity index (χ4n) is 4.13. The van der Waals surface area contributed by atoms with Crippen molar-refractivity contribution >= 4 is 11.9 Å². The van der Waals surface area contributed by atoms with Crippen LogP contribution in [-0.2, 0) is 4.79 Å². The van der Waals surface area contributed by atoms with Crippen LogP contribution in [-0.4, -0.2) is 91.6 Å². The van der Waals surface area contributed by atoms with Gasteiger partial charge in [0.2, 0.25) is 5.91 Å². The van der Waals surface area contributed by atoms with Gasteiger partial charge in [-0.1, -0.05) is 18.2 Å². The van der Waals surface area contributed by atoms with Crippen molar-refractivity contribution in [1.82, 2.24) is 20.0 Å². The summed E-state index contributed by atoms with van der Waals surface area (Å²) in [7, 11) is 0. The average Bonchev–Trinajstić information content (AvgIpc) is 3.31. The van der Waals surface area contributed by atoms with Crippen molar-refractivity contribution in [1.29, 1.82) is 0 Å². The molecule has 1 N–H and O–H groups in total. The summed E-state index contributed by atoms with van der Waals surface area (Å²) in [6, 6.07) is 8.02. The number of ether oxygens (including phenoxy) is 1. The minimum absolute atomic E-state index is 0.0349. The zero-order valence-electron chi connectivity index (χ0n) is 18.8. The Morgan fingerprint density at radius 1 is 1.10 bits per heavy atom. The van der Waals surface area contributed by atoms with Crippen LogP contribution in [0.25, 0.3) is 0 Å². The minimum Gasteiger partial charge on any atom is -0.491 e. The number of para-hydroxylation sites is 1. The maximum Gasteiger partial charge on any atom is 0.239 e. The number of piperazine rings is 1. The molecule has 166 valence electrons. The summed E-state index contributed by atoms with van der Waals surface area (Å²) in [6.45, 7) is 13.6. The summed E-state index contributed by atoms with van der Waals surface area (Å²) in [5.41, 5.74) is 1.14. The molecule has 1 aromatic carbocycles. The minimum atomic E-state index is -0.0349. The van der Waals surface area contributed by atoms with Gasteiger partial charge >= 0.3 is 0 Å². The Morgan fingerprint density at radius 3 is 2.47 bits per heavy atom. The van der Waals surface area contributed by atoms with Crippen LogP contribution >= 0.6 is 0 Å². The second-order valence-corrected chi connectivity index (χ2v) is 8.08. The van der Waals surface area contributed by atoms with Crippen LogP contribution in [0.4, 0.5) is 0 Å². The van der Waals surface area contributed by atoms with Crippen LogP contribution in [0.15, 0.2) is 29.3 Å². The molecule has 0 aromatic heterocycles. The molecule has 0 spiro atoms. The number of nitrogens with zero attached hydrogens (tertiary/aromatic N) is 4. The van der Waals surface area contributed by atoms with Gasteiger partial charge in [-0.2, -0.15) is 0 Å². The first kappa shape index (κ1) is 22.4. The Kier molecular flexibility index (Phi) is 8.37. The zero-order valence-corrected chi connectivity index (χ0v) is 18.8. The summed E-state index contributed by atoms with van der Waals surface area (Å²) in [5.74, 6) is 2.14. The summed E-state index contributed by atoms with van der Waals surface area (Å²) < 4.78 is 5.87. The molecule has 0 aliphatic carbocycles. The van der Waals surface area contributed by atoms with E-state index >= 15 is 0 Å². The van der Waals surface area contributed by atoms with Gasteiger partial charge in [-0.3, -0.25) is 9.69 Å². The highest BCUT2D eigenvalue weighted by molar-refractivity contribution is 5.82. The maximum atomic E-state index is 12.7. The predicted molar refractivity (Wildman–Crippen MR) is 121 cm³/mol. The van der Waals surface area contributed by atoms with Crippen LogP contribution in [0.5, 0.6) is 5.75 Å². The molecule has 7 heteroatoms. The van der Waals surface area contributed by atoms with Crippen molar-refractivity contribution in [3.05, 3.63) is 29.8 Å².